The molecule has 0 bridgehead atoms. The Hall–Kier alpha value is -1.75. The molecule has 0 aromatic carbocycles. The Morgan fingerprint density at radius 2 is 2.14 bits per heavy atom. The molecule has 2 aliphatic rings. The van der Waals surface area contributed by atoms with Gasteiger partial charge in [0.25, 0.3) is 0 Å². The number of nitrogens with two attached hydrogens (primary N) is 1. The summed E-state index contributed by atoms with van der Waals surface area (Å²) in [6.45, 7) is 6.13. The van der Waals surface area contributed by atoms with E-state index >= 15 is 0 Å². The van der Waals surface area contributed by atoms with Crippen LogP contribution in [-0.2, 0) is 4.74 Å². The number of hydrogen-bond acceptors (Lipinski definition) is 5. The van der Waals surface area contributed by atoms with E-state index in [-0.39, 0.29) is 0 Å². The molecule has 0 spiro atoms. The maximum Gasteiger partial charge on any atom is 0.144 e. The fourth-order valence-electron chi connectivity index (χ4n) is 2.55. The molecule has 5 nitrogen and oxygen atoms in total. The van der Waals surface area contributed by atoms with Crippen molar-refractivity contribution in [1.29, 1.82) is 5.41 Å². The van der Waals surface area contributed by atoms with Gasteiger partial charge in [-0.25, -0.2) is 0 Å². The molecule has 1 fully saturated rings. The fourth-order valence-corrected chi connectivity index (χ4v) is 2.55. The minimum absolute atomic E-state index is 0.337. The normalized spacial score (nSPS) is 27.8. The van der Waals surface area contributed by atoms with E-state index in [1.165, 1.54) is 0 Å². The van der Waals surface area contributed by atoms with Crippen molar-refractivity contribution in [3.8, 4) is 0 Å². The summed E-state index contributed by atoms with van der Waals surface area (Å²) < 4.78 is 5.37. The Morgan fingerprint density at radius 1 is 1.48 bits per heavy atom. The highest BCUT2D eigenvalue weighted by atomic mass is 16.5. The van der Waals surface area contributed by atoms with Gasteiger partial charge < -0.3 is 26.3 Å². The smallest absolute Gasteiger partial charge is 0.144 e. The molecule has 0 heterocycles. The van der Waals surface area contributed by atoms with E-state index in [0.717, 1.165) is 18.4 Å². The van der Waals surface area contributed by atoms with Crippen LogP contribution in [0.15, 0.2) is 35.4 Å². The summed E-state index contributed by atoms with van der Waals surface area (Å²) in [5.41, 5.74) is 7.00. The largest absolute Gasteiger partial charge is 0.492 e. The number of allylic oxidation sites excluding steroid dienone is 3. The van der Waals surface area contributed by atoms with Crippen LogP contribution in [-0.4, -0.2) is 29.1 Å². The Bertz CT molecular complexity index is 506. The Labute approximate surface area is 126 Å². The molecule has 0 atom stereocenters. The van der Waals surface area contributed by atoms with Crippen LogP contribution in [0.2, 0.25) is 0 Å². The summed E-state index contributed by atoms with van der Waals surface area (Å²) in [7, 11) is 0. The van der Waals surface area contributed by atoms with E-state index in [1.54, 1.807) is 12.2 Å². The van der Waals surface area contributed by atoms with Crippen molar-refractivity contribution in [2.24, 2.45) is 11.7 Å². The lowest BCUT2D eigenvalue weighted by molar-refractivity contribution is -0.0298. The maximum absolute atomic E-state index is 9.90. The molecule has 0 radical (unpaired) electrons. The molecule has 2 rings (SSSR count). The third-order valence-corrected chi connectivity index (χ3v) is 4.09. The minimum atomic E-state index is -0.609. The summed E-state index contributed by atoms with van der Waals surface area (Å²) >= 11 is 0. The summed E-state index contributed by atoms with van der Waals surface area (Å²) in [5, 5.41) is 21.2. The number of rotatable bonds is 5. The van der Waals surface area contributed by atoms with E-state index in [9.17, 15) is 5.11 Å². The SMILES string of the molecule is CCOC1=CC(=N)/C(=C\NC2CC(C(C)(C)O)C2)C=C1N. The number of nitrogens with one attached hydrogen (secondary N) is 2. The minimum Gasteiger partial charge on any atom is -0.492 e. The van der Waals surface area contributed by atoms with Gasteiger partial charge in [-0.05, 0) is 45.6 Å². The molecule has 5 N–H and O–H groups in total. The summed E-state index contributed by atoms with van der Waals surface area (Å²) in [4.78, 5) is 0. The second-order valence-corrected chi connectivity index (χ2v) is 6.24. The average Bonchev–Trinajstić information content (AvgIpc) is 2.31. The Balaban J connectivity index is 1.91. The van der Waals surface area contributed by atoms with Gasteiger partial charge in [0, 0.05) is 23.9 Å². The quantitative estimate of drug-likeness (QED) is 0.621. The van der Waals surface area contributed by atoms with Crippen molar-refractivity contribution in [3.63, 3.8) is 0 Å². The van der Waals surface area contributed by atoms with Crippen LogP contribution < -0.4 is 11.1 Å². The van der Waals surface area contributed by atoms with Crippen molar-refractivity contribution in [3.05, 3.63) is 35.4 Å². The van der Waals surface area contributed by atoms with Crippen LogP contribution in [0.1, 0.15) is 33.6 Å². The lowest BCUT2D eigenvalue weighted by atomic mass is 9.71. The van der Waals surface area contributed by atoms with Gasteiger partial charge in [-0.15, -0.1) is 0 Å². The van der Waals surface area contributed by atoms with Gasteiger partial charge in [-0.1, -0.05) is 0 Å². The molecule has 0 amide bonds. The molecule has 0 aliphatic heterocycles. The first-order valence-corrected chi connectivity index (χ1v) is 7.40. The summed E-state index contributed by atoms with van der Waals surface area (Å²) in [6, 6.07) is 0.355. The van der Waals surface area contributed by atoms with Crippen LogP contribution >= 0.6 is 0 Å². The highest BCUT2D eigenvalue weighted by molar-refractivity contribution is 6.10. The zero-order valence-corrected chi connectivity index (χ0v) is 12.9. The molecule has 2 aliphatic carbocycles. The van der Waals surface area contributed by atoms with Gasteiger partial charge in [-0.3, -0.25) is 0 Å². The van der Waals surface area contributed by atoms with Crippen LogP contribution in [0.5, 0.6) is 0 Å². The monoisotopic (exact) mass is 291 g/mol. The maximum atomic E-state index is 9.90. The first-order chi connectivity index (χ1) is 9.81. The van der Waals surface area contributed by atoms with Gasteiger partial charge in [0.15, 0.2) is 0 Å². The standard InChI is InChI=1S/C16H25N3O2/c1-4-21-15-8-13(17)10(5-14(15)18)9-19-12-6-11(7-12)16(2,3)20/h5,8-9,11-12,17,19-20H,4,6-7,18H2,1-3H3/b10-9-,17-13?. The van der Waals surface area contributed by atoms with Gasteiger partial charge in [-0.2, -0.15) is 0 Å². The van der Waals surface area contributed by atoms with Crippen molar-refractivity contribution in [2.75, 3.05) is 6.61 Å². The molecule has 0 unspecified atom stereocenters. The molecule has 21 heavy (non-hydrogen) atoms. The lowest BCUT2D eigenvalue weighted by Gasteiger charge is -2.42. The zero-order valence-electron chi connectivity index (χ0n) is 12.9. The molecular formula is C16H25N3O2. The van der Waals surface area contributed by atoms with Gasteiger partial charge in [0.2, 0.25) is 0 Å². The molecule has 1 saturated carbocycles. The highest BCUT2D eigenvalue weighted by Gasteiger charge is 2.38. The third kappa shape index (κ3) is 3.67. The van der Waals surface area contributed by atoms with Crippen LogP contribution in [0.4, 0.5) is 0 Å². The Morgan fingerprint density at radius 3 is 2.71 bits per heavy atom. The van der Waals surface area contributed by atoms with E-state index in [4.69, 9.17) is 15.9 Å². The first-order valence-electron chi connectivity index (χ1n) is 7.40. The van der Waals surface area contributed by atoms with Crippen LogP contribution in [0.25, 0.3) is 0 Å². The number of aliphatic hydroxyl groups is 1. The van der Waals surface area contributed by atoms with Crippen molar-refractivity contribution >= 4 is 5.71 Å². The fraction of sp³-hybridized carbons (Fsp3) is 0.562. The van der Waals surface area contributed by atoms with E-state index in [0.29, 0.717) is 35.7 Å². The molecule has 0 aromatic heterocycles. The van der Waals surface area contributed by atoms with Crippen molar-refractivity contribution in [1.82, 2.24) is 5.32 Å². The predicted molar refractivity (Wildman–Crippen MR) is 83.7 cm³/mol. The third-order valence-electron chi connectivity index (χ3n) is 4.09. The average molecular weight is 291 g/mol. The lowest BCUT2D eigenvalue weighted by Crippen LogP contribution is -2.48. The topological polar surface area (TPSA) is 91.4 Å². The van der Waals surface area contributed by atoms with E-state index in [1.807, 2.05) is 27.0 Å². The summed E-state index contributed by atoms with van der Waals surface area (Å²) in [5.74, 6) is 0.898. The van der Waals surface area contributed by atoms with Crippen LogP contribution in [0.3, 0.4) is 0 Å². The Kier molecular flexibility index (Phi) is 4.42. The van der Waals surface area contributed by atoms with Crippen molar-refractivity contribution in [2.45, 2.75) is 45.3 Å². The number of hydrogen-bond donors (Lipinski definition) is 4. The van der Waals surface area contributed by atoms with Gasteiger partial charge >= 0.3 is 0 Å². The van der Waals surface area contributed by atoms with E-state index in [2.05, 4.69) is 5.32 Å². The number of ether oxygens (including phenoxy) is 1. The molecular weight excluding hydrogens is 266 g/mol. The second-order valence-electron chi connectivity index (χ2n) is 6.24. The van der Waals surface area contributed by atoms with Crippen molar-refractivity contribution < 1.29 is 9.84 Å². The predicted octanol–water partition coefficient (Wildman–Crippen LogP) is 1.81. The molecule has 116 valence electrons. The van der Waals surface area contributed by atoms with Gasteiger partial charge in [0.1, 0.15) is 5.76 Å². The molecule has 0 saturated heterocycles. The van der Waals surface area contributed by atoms with Crippen LogP contribution in [0, 0.1) is 11.3 Å². The second kappa shape index (κ2) is 5.93. The highest BCUT2D eigenvalue weighted by Crippen LogP contribution is 2.36. The molecule has 5 heteroatoms. The zero-order chi connectivity index (χ0) is 15.6. The molecule has 0 aromatic rings. The first kappa shape index (κ1) is 15.6. The van der Waals surface area contributed by atoms with Gasteiger partial charge in [0.05, 0.1) is 23.6 Å². The van der Waals surface area contributed by atoms with E-state index < -0.39 is 5.60 Å². The summed E-state index contributed by atoms with van der Waals surface area (Å²) in [6.07, 6.45) is 7.12.